The normalized spacial score (nSPS) is 11.0. The number of carbonyl (C=O) groups excluding carboxylic acids is 2. The smallest absolute Gasteiger partial charge is 0.330 e. The van der Waals surface area contributed by atoms with E-state index in [1.54, 1.807) is 19.9 Å². The van der Waals surface area contributed by atoms with Crippen LogP contribution in [0.4, 0.5) is 0 Å². The number of halogens is 1. The Kier molecular flexibility index (Phi) is 4.95. The first kappa shape index (κ1) is 15.5. The second kappa shape index (κ2) is 6.06. The van der Waals surface area contributed by atoms with Gasteiger partial charge < -0.3 is 10.1 Å². The third-order valence-electron chi connectivity index (χ3n) is 2.71. The number of amides is 1. The van der Waals surface area contributed by atoms with Crippen LogP contribution in [-0.2, 0) is 20.7 Å². The highest BCUT2D eigenvalue weighted by atomic mass is 35.5. The zero-order chi connectivity index (χ0) is 14.6. The van der Waals surface area contributed by atoms with Crippen LogP contribution in [0.5, 0.6) is 0 Å². The Hall–Kier alpha value is -1.55. The van der Waals surface area contributed by atoms with E-state index in [4.69, 9.17) is 11.6 Å². The Morgan fingerprint density at radius 2 is 2.00 bits per heavy atom. The first-order chi connectivity index (χ1) is 8.76. The first-order valence-corrected chi connectivity index (χ1v) is 6.28. The van der Waals surface area contributed by atoms with Crippen LogP contribution < -0.4 is 5.32 Å². The van der Waals surface area contributed by atoms with Crippen LogP contribution in [0.3, 0.4) is 0 Å². The summed E-state index contributed by atoms with van der Waals surface area (Å²) >= 11 is 6.06. The summed E-state index contributed by atoms with van der Waals surface area (Å²) in [6.45, 7) is 5.11. The van der Waals surface area contributed by atoms with E-state index < -0.39 is 11.5 Å². The van der Waals surface area contributed by atoms with Crippen molar-refractivity contribution in [3.63, 3.8) is 0 Å². The molecule has 1 rings (SSSR count). The molecule has 0 aliphatic rings. The number of aryl methyl sites for hydroxylation is 1. The van der Waals surface area contributed by atoms with E-state index in [1.165, 1.54) is 7.11 Å². The van der Waals surface area contributed by atoms with E-state index in [-0.39, 0.29) is 12.3 Å². The predicted molar refractivity (Wildman–Crippen MR) is 74.1 cm³/mol. The van der Waals surface area contributed by atoms with Crippen LogP contribution in [0.2, 0.25) is 5.02 Å². The van der Waals surface area contributed by atoms with E-state index in [0.717, 1.165) is 11.1 Å². The second-order valence-corrected chi connectivity index (χ2v) is 5.34. The molecule has 5 heteroatoms. The van der Waals surface area contributed by atoms with Gasteiger partial charge in [0.25, 0.3) is 0 Å². The van der Waals surface area contributed by atoms with Crippen molar-refractivity contribution < 1.29 is 14.3 Å². The number of hydrogen-bond donors (Lipinski definition) is 1. The first-order valence-electron chi connectivity index (χ1n) is 5.90. The SMILES string of the molecule is COC(=O)C(C)(C)NC(=O)Cc1ccc(C)cc1Cl. The molecule has 0 radical (unpaired) electrons. The average Bonchev–Trinajstić information content (AvgIpc) is 2.31. The van der Waals surface area contributed by atoms with E-state index >= 15 is 0 Å². The number of rotatable bonds is 4. The Bertz CT molecular complexity index is 497. The molecule has 0 bridgehead atoms. The van der Waals surface area contributed by atoms with Gasteiger partial charge in [-0.15, -0.1) is 0 Å². The second-order valence-electron chi connectivity index (χ2n) is 4.94. The van der Waals surface area contributed by atoms with Crippen molar-refractivity contribution in [2.75, 3.05) is 7.11 Å². The fraction of sp³-hybridized carbons (Fsp3) is 0.429. The van der Waals surface area contributed by atoms with Crippen molar-refractivity contribution in [1.29, 1.82) is 0 Å². The standard InChI is InChI=1S/C14H18ClNO3/c1-9-5-6-10(11(15)7-9)8-12(17)16-14(2,3)13(18)19-4/h5-7H,8H2,1-4H3,(H,16,17). The highest BCUT2D eigenvalue weighted by Gasteiger charge is 2.30. The molecule has 1 amide bonds. The lowest BCUT2D eigenvalue weighted by atomic mass is 10.0. The van der Waals surface area contributed by atoms with E-state index in [0.29, 0.717) is 5.02 Å². The van der Waals surface area contributed by atoms with Gasteiger partial charge in [-0.1, -0.05) is 23.7 Å². The Morgan fingerprint density at radius 3 is 2.53 bits per heavy atom. The quantitative estimate of drug-likeness (QED) is 0.863. The van der Waals surface area contributed by atoms with Gasteiger partial charge in [0.2, 0.25) is 5.91 Å². The lowest BCUT2D eigenvalue weighted by molar-refractivity contribution is -0.149. The number of ether oxygens (including phenoxy) is 1. The van der Waals surface area contributed by atoms with Crippen molar-refractivity contribution >= 4 is 23.5 Å². The van der Waals surface area contributed by atoms with E-state index in [9.17, 15) is 9.59 Å². The third-order valence-corrected chi connectivity index (χ3v) is 3.06. The average molecular weight is 284 g/mol. The number of esters is 1. The van der Waals surface area contributed by atoms with Crippen molar-refractivity contribution in [3.8, 4) is 0 Å². The van der Waals surface area contributed by atoms with Crippen LogP contribution in [-0.4, -0.2) is 24.5 Å². The molecule has 4 nitrogen and oxygen atoms in total. The Balaban J connectivity index is 2.73. The molecular weight excluding hydrogens is 266 g/mol. The summed E-state index contributed by atoms with van der Waals surface area (Å²) in [5.74, 6) is -0.767. The molecule has 0 aromatic heterocycles. The lowest BCUT2D eigenvalue weighted by Crippen LogP contribution is -2.50. The zero-order valence-electron chi connectivity index (χ0n) is 11.5. The van der Waals surface area contributed by atoms with Gasteiger partial charge in [0.05, 0.1) is 13.5 Å². The summed E-state index contributed by atoms with van der Waals surface area (Å²) in [5.41, 5.74) is 0.706. The van der Waals surface area contributed by atoms with Gasteiger partial charge in [0, 0.05) is 5.02 Å². The monoisotopic (exact) mass is 283 g/mol. The molecule has 0 saturated carbocycles. The van der Waals surface area contributed by atoms with Gasteiger partial charge in [0.15, 0.2) is 0 Å². The molecule has 0 aliphatic heterocycles. The molecule has 1 aromatic rings. The highest BCUT2D eigenvalue weighted by Crippen LogP contribution is 2.18. The molecule has 0 atom stereocenters. The van der Waals surface area contributed by atoms with Crippen LogP contribution in [0, 0.1) is 6.92 Å². The zero-order valence-corrected chi connectivity index (χ0v) is 12.3. The number of benzene rings is 1. The number of carbonyl (C=O) groups is 2. The molecule has 104 valence electrons. The van der Waals surface area contributed by atoms with Crippen LogP contribution >= 0.6 is 11.6 Å². The summed E-state index contributed by atoms with van der Waals surface area (Å²) < 4.78 is 4.63. The summed E-state index contributed by atoms with van der Waals surface area (Å²) in [7, 11) is 1.28. The molecular formula is C14H18ClNO3. The lowest BCUT2D eigenvalue weighted by Gasteiger charge is -2.23. The number of nitrogens with one attached hydrogen (secondary N) is 1. The van der Waals surface area contributed by atoms with Gasteiger partial charge in [-0.05, 0) is 38.0 Å². The molecule has 0 heterocycles. The maximum Gasteiger partial charge on any atom is 0.330 e. The molecule has 0 unspecified atom stereocenters. The predicted octanol–water partition coefficient (Wildman–Crippen LogP) is 2.26. The molecule has 0 spiro atoms. The van der Waals surface area contributed by atoms with Crippen LogP contribution in [0.15, 0.2) is 18.2 Å². The van der Waals surface area contributed by atoms with Gasteiger partial charge in [0.1, 0.15) is 5.54 Å². The van der Waals surface area contributed by atoms with E-state index in [1.807, 2.05) is 19.1 Å². The maximum atomic E-state index is 11.9. The maximum absolute atomic E-state index is 11.9. The number of hydrogen-bond acceptors (Lipinski definition) is 3. The van der Waals surface area contributed by atoms with Crippen LogP contribution in [0.25, 0.3) is 0 Å². The molecule has 1 N–H and O–H groups in total. The summed E-state index contributed by atoms with van der Waals surface area (Å²) in [6.07, 6.45) is 0.125. The summed E-state index contributed by atoms with van der Waals surface area (Å²) in [4.78, 5) is 23.4. The molecule has 0 saturated heterocycles. The molecule has 0 fully saturated rings. The molecule has 1 aromatic carbocycles. The van der Waals surface area contributed by atoms with E-state index in [2.05, 4.69) is 10.1 Å². The highest BCUT2D eigenvalue weighted by molar-refractivity contribution is 6.31. The fourth-order valence-corrected chi connectivity index (χ4v) is 1.97. The summed E-state index contributed by atoms with van der Waals surface area (Å²) in [5, 5.41) is 3.17. The largest absolute Gasteiger partial charge is 0.467 e. The van der Waals surface area contributed by atoms with Crippen molar-refractivity contribution in [2.24, 2.45) is 0 Å². The van der Waals surface area contributed by atoms with Gasteiger partial charge >= 0.3 is 5.97 Å². The molecule has 19 heavy (non-hydrogen) atoms. The van der Waals surface area contributed by atoms with Gasteiger partial charge in [-0.25, -0.2) is 4.79 Å². The third kappa shape index (κ3) is 4.24. The van der Waals surface area contributed by atoms with Gasteiger partial charge in [-0.2, -0.15) is 0 Å². The number of methoxy groups -OCH3 is 1. The van der Waals surface area contributed by atoms with Crippen molar-refractivity contribution in [1.82, 2.24) is 5.32 Å². The Morgan fingerprint density at radius 1 is 1.37 bits per heavy atom. The minimum absolute atomic E-state index is 0.125. The molecule has 0 aliphatic carbocycles. The minimum atomic E-state index is -1.05. The fourth-order valence-electron chi connectivity index (χ4n) is 1.67. The Labute approximate surface area is 118 Å². The van der Waals surface area contributed by atoms with Crippen molar-refractivity contribution in [3.05, 3.63) is 34.3 Å². The van der Waals surface area contributed by atoms with Gasteiger partial charge in [-0.3, -0.25) is 4.79 Å². The topological polar surface area (TPSA) is 55.4 Å². The van der Waals surface area contributed by atoms with Crippen LogP contribution in [0.1, 0.15) is 25.0 Å². The van der Waals surface area contributed by atoms with Crippen molar-refractivity contribution in [2.45, 2.75) is 32.7 Å². The summed E-state index contributed by atoms with van der Waals surface area (Å²) in [6, 6.07) is 5.50. The minimum Gasteiger partial charge on any atom is -0.467 e.